The molecule has 0 spiro atoms. The number of carbonyl (C=O) groups excluding carboxylic acids is 2. The molecule has 2 unspecified atom stereocenters. The summed E-state index contributed by atoms with van der Waals surface area (Å²) < 4.78 is 22.7. The van der Waals surface area contributed by atoms with E-state index in [1.54, 1.807) is 0 Å². The number of likely N-dealkylation sites (N-methyl/N-ethyl adjacent to an activating group) is 1. The molecule has 0 aliphatic heterocycles. The van der Waals surface area contributed by atoms with E-state index in [-0.39, 0.29) is 32.2 Å². The van der Waals surface area contributed by atoms with Crippen LogP contribution in [0, 0.1) is 0 Å². The van der Waals surface area contributed by atoms with Gasteiger partial charge < -0.3 is 28.5 Å². The van der Waals surface area contributed by atoms with Gasteiger partial charge in [0.05, 0.1) is 34.4 Å². The summed E-state index contributed by atoms with van der Waals surface area (Å²) in [6.45, 7) is 4.84. The van der Waals surface area contributed by atoms with Gasteiger partial charge in [-0.25, -0.2) is 4.79 Å². The van der Waals surface area contributed by atoms with Crippen molar-refractivity contribution in [2.75, 3.05) is 47.5 Å². The lowest BCUT2D eigenvalue weighted by Crippen LogP contribution is -2.40. The maximum absolute atomic E-state index is 12.7. The lowest BCUT2D eigenvalue weighted by molar-refractivity contribution is -0.870. The second-order valence-corrected chi connectivity index (χ2v) is 19.2. The van der Waals surface area contributed by atoms with Crippen LogP contribution in [0.25, 0.3) is 0 Å². The van der Waals surface area contributed by atoms with Crippen LogP contribution in [-0.2, 0) is 33.3 Å². The molecule has 1 N–H and O–H groups in total. The Morgan fingerprint density at radius 3 is 1.05 bits per heavy atom. The van der Waals surface area contributed by atoms with Gasteiger partial charge in [0.25, 0.3) is 6.29 Å². The molecular formula is C52H102NO8+. The maximum atomic E-state index is 12.7. The Balaban J connectivity index is 3.93. The topological polar surface area (TPSA) is 108 Å². The van der Waals surface area contributed by atoms with Gasteiger partial charge in [0.15, 0.2) is 6.10 Å². The highest BCUT2D eigenvalue weighted by Gasteiger charge is 2.25. The van der Waals surface area contributed by atoms with E-state index in [4.69, 9.17) is 18.9 Å². The molecule has 0 radical (unpaired) electrons. The van der Waals surface area contributed by atoms with E-state index < -0.39 is 24.3 Å². The van der Waals surface area contributed by atoms with Gasteiger partial charge >= 0.3 is 17.9 Å². The molecule has 0 aliphatic rings. The molecule has 0 bridgehead atoms. The minimum absolute atomic E-state index is 0.175. The summed E-state index contributed by atoms with van der Waals surface area (Å²) in [5, 5.41) is 9.61. The van der Waals surface area contributed by atoms with E-state index in [9.17, 15) is 19.5 Å². The summed E-state index contributed by atoms with van der Waals surface area (Å²) in [7, 11) is 5.96. The van der Waals surface area contributed by atoms with E-state index in [1.807, 2.05) is 21.1 Å². The van der Waals surface area contributed by atoms with Crippen molar-refractivity contribution in [2.24, 2.45) is 0 Å². The zero-order valence-corrected chi connectivity index (χ0v) is 41.1. The molecule has 9 nitrogen and oxygen atoms in total. The second kappa shape index (κ2) is 44.9. The zero-order chi connectivity index (χ0) is 44.9. The zero-order valence-electron chi connectivity index (χ0n) is 41.1. The predicted octanol–water partition coefficient (Wildman–Crippen LogP) is 14.5. The number of ether oxygens (including phenoxy) is 4. The molecule has 0 rings (SSSR count). The normalized spacial score (nSPS) is 12.7. The minimum Gasteiger partial charge on any atom is -0.477 e. The summed E-state index contributed by atoms with van der Waals surface area (Å²) in [4.78, 5) is 36.9. The molecule has 0 amide bonds. The molecule has 2 atom stereocenters. The molecule has 0 aromatic carbocycles. The van der Waals surface area contributed by atoms with Gasteiger partial charge in [-0.2, -0.15) is 0 Å². The van der Waals surface area contributed by atoms with Crippen LogP contribution in [0.3, 0.4) is 0 Å². The third-order valence-corrected chi connectivity index (χ3v) is 11.9. The Morgan fingerprint density at radius 2 is 0.738 bits per heavy atom. The Morgan fingerprint density at radius 1 is 0.426 bits per heavy atom. The number of carboxylic acid groups (broad SMARTS) is 1. The van der Waals surface area contributed by atoms with Crippen LogP contribution in [0.15, 0.2) is 0 Å². The van der Waals surface area contributed by atoms with Gasteiger partial charge in [0.2, 0.25) is 0 Å². The van der Waals surface area contributed by atoms with Crippen molar-refractivity contribution in [3.8, 4) is 0 Å². The summed E-state index contributed by atoms with van der Waals surface area (Å²) in [6.07, 6.45) is 45.2. The van der Waals surface area contributed by atoms with Crippen LogP contribution in [0.2, 0.25) is 0 Å². The van der Waals surface area contributed by atoms with Crippen molar-refractivity contribution in [2.45, 2.75) is 270 Å². The van der Waals surface area contributed by atoms with Gasteiger partial charge in [-0.05, 0) is 12.8 Å². The molecule has 0 aromatic rings. The largest absolute Gasteiger partial charge is 0.477 e. The molecule has 61 heavy (non-hydrogen) atoms. The van der Waals surface area contributed by atoms with Crippen molar-refractivity contribution in [3.05, 3.63) is 0 Å². The van der Waals surface area contributed by atoms with E-state index in [1.165, 1.54) is 193 Å². The van der Waals surface area contributed by atoms with Crippen LogP contribution in [0.5, 0.6) is 0 Å². The molecular weight excluding hydrogens is 767 g/mol. The predicted molar refractivity (Wildman–Crippen MR) is 254 cm³/mol. The molecule has 0 saturated carbocycles. The minimum atomic E-state index is -1.50. The smallest absolute Gasteiger partial charge is 0.361 e. The first kappa shape index (κ1) is 59.3. The first-order valence-electron chi connectivity index (χ1n) is 26.2. The first-order chi connectivity index (χ1) is 29.6. The highest BCUT2D eigenvalue weighted by molar-refractivity contribution is 5.71. The van der Waals surface area contributed by atoms with Crippen LogP contribution >= 0.6 is 0 Å². The average Bonchev–Trinajstić information content (AvgIpc) is 3.22. The highest BCUT2D eigenvalue weighted by atomic mass is 16.7. The van der Waals surface area contributed by atoms with Crippen molar-refractivity contribution in [3.63, 3.8) is 0 Å². The van der Waals surface area contributed by atoms with Crippen molar-refractivity contribution in [1.29, 1.82) is 0 Å². The van der Waals surface area contributed by atoms with Crippen molar-refractivity contribution in [1.82, 2.24) is 0 Å². The maximum Gasteiger partial charge on any atom is 0.361 e. The number of carboxylic acids is 1. The quantitative estimate of drug-likeness (QED) is 0.0279. The van der Waals surface area contributed by atoms with Crippen LogP contribution in [-0.4, -0.2) is 87.4 Å². The Kier molecular flexibility index (Phi) is 43.6. The molecule has 0 aliphatic carbocycles. The lowest BCUT2D eigenvalue weighted by Gasteiger charge is -2.25. The highest BCUT2D eigenvalue weighted by Crippen LogP contribution is 2.17. The summed E-state index contributed by atoms with van der Waals surface area (Å²) >= 11 is 0. The fourth-order valence-corrected chi connectivity index (χ4v) is 7.78. The number of nitrogens with zero attached hydrogens (tertiary/aromatic N) is 1. The Labute approximate surface area is 377 Å². The number of hydrogen-bond donors (Lipinski definition) is 1. The third-order valence-electron chi connectivity index (χ3n) is 11.9. The monoisotopic (exact) mass is 869 g/mol. The number of carbonyl (C=O) groups is 3. The summed E-state index contributed by atoms with van der Waals surface area (Å²) in [6, 6.07) is 0. The SMILES string of the molecule is CCCCCCCCCCCCCCCCCCCCCCCCCCCCCCCCC(=O)OC(COC(=O)CCCCCCCC)COC(OCC[N+](C)(C)C)C(=O)O. The number of unbranched alkanes of at least 4 members (excludes halogenated alkanes) is 34. The Hall–Kier alpha value is -1.71. The van der Waals surface area contributed by atoms with E-state index in [0.29, 0.717) is 17.4 Å². The summed E-state index contributed by atoms with van der Waals surface area (Å²) in [5.74, 6) is -2.00. The standard InChI is InChI=1S/C52H101NO8/c1-6-8-10-12-14-15-16-17-18-19-20-21-22-23-24-25-26-27-28-29-30-31-32-33-34-35-36-37-39-41-43-50(55)61-48(46-59-49(54)42-40-38-13-11-9-7-2)47-60-52(51(56)57)58-45-44-53(3,4)5/h48,52H,6-47H2,1-5H3/p+1. The molecule has 0 aromatic heterocycles. The number of rotatable bonds is 49. The van der Waals surface area contributed by atoms with Gasteiger partial charge in [0.1, 0.15) is 13.2 Å². The molecule has 0 fully saturated rings. The number of quaternary nitrogens is 1. The molecule has 9 heteroatoms. The van der Waals surface area contributed by atoms with Gasteiger partial charge in [0, 0.05) is 12.8 Å². The lowest BCUT2D eigenvalue weighted by atomic mass is 10.0. The average molecular weight is 869 g/mol. The number of hydrogen-bond acceptors (Lipinski definition) is 7. The van der Waals surface area contributed by atoms with Gasteiger partial charge in [-0.1, -0.05) is 232 Å². The van der Waals surface area contributed by atoms with Crippen LogP contribution < -0.4 is 0 Å². The molecule has 0 heterocycles. The van der Waals surface area contributed by atoms with Gasteiger partial charge in [-0.3, -0.25) is 9.59 Å². The second-order valence-electron chi connectivity index (χ2n) is 19.2. The fourth-order valence-electron chi connectivity index (χ4n) is 7.78. The van der Waals surface area contributed by atoms with E-state index >= 15 is 0 Å². The van der Waals surface area contributed by atoms with E-state index in [0.717, 1.165) is 38.5 Å². The molecule has 362 valence electrons. The Bertz CT molecular complexity index is 970. The van der Waals surface area contributed by atoms with Crippen molar-refractivity contribution < 1.29 is 42.9 Å². The summed E-state index contributed by atoms with van der Waals surface area (Å²) in [5.41, 5.74) is 0. The van der Waals surface area contributed by atoms with Crippen molar-refractivity contribution >= 4 is 17.9 Å². The number of aliphatic carboxylic acids is 1. The van der Waals surface area contributed by atoms with Crippen LogP contribution in [0.4, 0.5) is 0 Å². The van der Waals surface area contributed by atoms with Crippen LogP contribution in [0.1, 0.15) is 258 Å². The van der Waals surface area contributed by atoms with Gasteiger partial charge in [-0.15, -0.1) is 0 Å². The number of esters is 2. The molecule has 0 saturated heterocycles. The fraction of sp³-hybridized carbons (Fsp3) is 0.942. The van der Waals surface area contributed by atoms with E-state index in [2.05, 4.69) is 13.8 Å². The first-order valence-corrected chi connectivity index (χ1v) is 26.2. The third kappa shape index (κ3) is 46.1.